The van der Waals surface area contributed by atoms with Crippen molar-refractivity contribution in [3.63, 3.8) is 0 Å². The zero-order valence-electron chi connectivity index (χ0n) is 65.1. The van der Waals surface area contributed by atoms with Gasteiger partial charge in [-0.3, -0.25) is 56.1 Å². The fourth-order valence-corrected chi connectivity index (χ4v) is 20.0. The molecule has 13 N–H and O–H groups in total. The van der Waals surface area contributed by atoms with Gasteiger partial charge in [-0.1, -0.05) is 12.2 Å². The second kappa shape index (κ2) is 36.0. The van der Waals surface area contributed by atoms with Gasteiger partial charge in [0, 0.05) is 112 Å². The molecule has 0 spiro atoms. The summed E-state index contributed by atoms with van der Waals surface area (Å²) >= 11 is 15.1. The first kappa shape index (κ1) is 94.0. The molecular weight excluding hydrogens is 1820 g/mol. The van der Waals surface area contributed by atoms with Crippen molar-refractivity contribution in [3.8, 4) is 0 Å². The van der Waals surface area contributed by atoms with Gasteiger partial charge in [0.15, 0.2) is 24.9 Å². The Balaban J connectivity index is 0.0000130. The molecule has 0 aliphatic carbocycles. The summed E-state index contributed by atoms with van der Waals surface area (Å²) in [5, 5.41) is 10.8. The number of nitrogens with zero attached hydrogens (tertiary/aromatic N) is 8. The van der Waals surface area contributed by atoms with Crippen LogP contribution in [-0.2, 0) is 159 Å². The average Bonchev–Trinajstić information content (AvgIpc) is 1.56. The summed E-state index contributed by atoms with van der Waals surface area (Å²) in [6.07, 6.45) is -22.7. The minimum atomic E-state index is -5.20. The number of aliphatic hydroxyl groups excluding tert-OH is 1. The van der Waals surface area contributed by atoms with Crippen LogP contribution in [0.2, 0.25) is 0 Å². The van der Waals surface area contributed by atoms with E-state index in [1.165, 1.54) is 79.8 Å². The average molecular weight is 1910 g/mol. The van der Waals surface area contributed by atoms with Gasteiger partial charge < -0.3 is 131 Å². The third-order valence-electron chi connectivity index (χ3n) is 21.8. The third kappa shape index (κ3) is 18.9. The number of nitrogens with one attached hydrogen (secondary N) is 2. The zero-order chi connectivity index (χ0) is 85.8. The van der Waals surface area contributed by atoms with Crippen molar-refractivity contribution >= 4 is 88.1 Å². The van der Waals surface area contributed by atoms with Gasteiger partial charge in [-0.05, 0) is 79.0 Å². The topological polar surface area (TPSA) is 620 Å². The van der Waals surface area contributed by atoms with Crippen LogP contribution >= 0.6 is 47.0 Å². The predicted octanol–water partition coefficient (Wildman–Crippen LogP) is -0.976. The molecule has 6 bridgehead atoms. The molecule has 0 amide bonds. The Morgan fingerprint density at radius 1 is 0.513 bits per heavy atom. The van der Waals surface area contributed by atoms with Crippen LogP contribution in [0, 0.1) is 34.6 Å². The number of hydrogen-bond donors (Lipinski definition) is 11. The molecule has 9 unspecified atom stereocenters. The number of aromatic nitrogens is 10. The van der Waals surface area contributed by atoms with Crippen molar-refractivity contribution in [1.29, 1.82) is 0 Å². The Morgan fingerprint density at radius 2 is 0.924 bits per heavy atom. The van der Waals surface area contributed by atoms with Gasteiger partial charge in [0.25, 0.3) is 17.7 Å². The Bertz CT molecular complexity index is 5380. The summed E-state index contributed by atoms with van der Waals surface area (Å²) in [6.45, 7) is -3.76. The molecule has 119 heavy (non-hydrogen) atoms. The summed E-state index contributed by atoms with van der Waals surface area (Å²) < 4.78 is 165. The SMILES string of the molecule is COC1[C@@H](OCP(O)(=S)OC)[C@@H](COP(=O)(S)CO[C@@H]2C[C@H](n3cc(C)c(N)nc3=O)O[C@@H]2COP(=O)(O)CO[C@@H]2C3O[C@@H](C)[C@]2(COP(=O)(O)CO[C@@H]2C4O[C@@H](C)[C@]2(COP(O)(=S)CO[C@@H]2C5O[C@@H](C)[C@]2(CO)O[C@H]5n2cc(C)c(=O)[nH]c2=O)O[C@H]4n2cc(C)c(=O)[nH]c2=O)O[C@H]3n2cc(C)c(N)nc2=O)O[C@H]1n1cc(C)c(N)nc1=O.[Y]. The number of aliphatic hydroxyl groups is 1. The molecule has 13 heterocycles. The molecule has 0 aromatic carbocycles. The molecule has 0 saturated carbocycles. The van der Waals surface area contributed by atoms with Gasteiger partial charge in [0.2, 0.25) is 13.0 Å². The maximum atomic E-state index is 14.7. The van der Waals surface area contributed by atoms with E-state index >= 15 is 0 Å². The van der Waals surface area contributed by atoms with Gasteiger partial charge in [0.1, 0.15) is 133 Å². The van der Waals surface area contributed by atoms with Crippen LogP contribution in [0.3, 0.4) is 0 Å². The van der Waals surface area contributed by atoms with Crippen LogP contribution in [0.15, 0.2) is 64.5 Å². The Labute approximate surface area is 714 Å². The van der Waals surface area contributed by atoms with E-state index in [0.717, 1.165) is 22.8 Å². The van der Waals surface area contributed by atoms with Crippen LogP contribution in [0.1, 0.15) is 86.1 Å². The number of methoxy groups -OCH3 is 1. The molecule has 8 saturated heterocycles. The number of fused-ring (bicyclic) bond motifs is 6. The molecule has 5 aromatic heterocycles. The zero-order valence-corrected chi connectivity index (χ0v) is 74.9. The maximum Gasteiger partial charge on any atom is 0.353 e. The van der Waals surface area contributed by atoms with E-state index in [4.69, 9.17) is 130 Å². The molecule has 8 fully saturated rings. The second-order valence-electron chi connectivity index (χ2n) is 29.6. The van der Waals surface area contributed by atoms with Crippen LogP contribution in [-0.4, -0.2) is 254 Å². The first-order chi connectivity index (χ1) is 55.3. The minimum Gasteiger partial charge on any atom is -0.393 e. The van der Waals surface area contributed by atoms with Crippen LogP contribution in [0.4, 0.5) is 17.5 Å². The number of anilines is 3. The van der Waals surface area contributed by atoms with Crippen molar-refractivity contribution in [1.82, 2.24) is 47.8 Å². The van der Waals surface area contributed by atoms with Crippen LogP contribution < -0.4 is 56.8 Å². The van der Waals surface area contributed by atoms with E-state index in [-0.39, 0.29) is 73.3 Å². The summed E-state index contributed by atoms with van der Waals surface area (Å²) in [6, 6.07) is 0. The third-order valence-corrected chi connectivity index (χ3v) is 29.0. The number of hydrogen-bond acceptors (Lipinski definition) is 38. The minimum absolute atomic E-state index is 0. The quantitative estimate of drug-likeness (QED) is 0.0172. The molecular formula is C63H90N13O34P5S3Y. The fraction of sp³-hybridized carbons (Fsp3) is 0.683. The van der Waals surface area contributed by atoms with Crippen molar-refractivity contribution in [2.24, 2.45) is 0 Å². The van der Waals surface area contributed by atoms with Gasteiger partial charge >= 0.3 is 43.6 Å². The van der Waals surface area contributed by atoms with Crippen LogP contribution in [0.5, 0.6) is 0 Å². The van der Waals surface area contributed by atoms with E-state index in [2.05, 4.69) is 37.2 Å². The Kier molecular flexibility index (Phi) is 28.4. The Hall–Kier alpha value is -4.12. The van der Waals surface area contributed by atoms with E-state index in [1.807, 2.05) is 0 Å². The number of aryl methyl sites for hydroxylation is 5. The van der Waals surface area contributed by atoms with E-state index in [9.17, 15) is 71.9 Å². The number of rotatable bonds is 35. The fourth-order valence-electron chi connectivity index (χ4n) is 15.3. The number of aromatic amines is 2. The summed E-state index contributed by atoms with van der Waals surface area (Å²) in [7, 11) is -7.83. The van der Waals surface area contributed by atoms with Gasteiger partial charge in [0.05, 0.1) is 57.5 Å². The van der Waals surface area contributed by atoms with E-state index in [1.54, 1.807) is 20.8 Å². The van der Waals surface area contributed by atoms with Crippen LogP contribution in [0.25, 0.3) is 0 Å². The molecule has 13 rings (SSSR count). The first-order valence-electron chi connectivity index (χ1n) is 36.2. The van der Waals surface area contributed by atoms with Gasteiger partial charge in [-0.25, -0.2) is 24.0 Å². The normalized spacial score (nSPS) is 34.4. The van der Waals surface area contributed by atoms with E-state index < -0.39 is 272 Å². The molecule has 8 aliphatic rings. The summed E-state index contributed by atoms with van der Waals surface area (Å²) in [5.41, 5.74) is 7.55. The van der Waals surface area contributed by atoms with Crippen molar-refractivity contribution in [2.75, 3.05) is 96.2 Å². The van der Waals surface area contributed by atoms with E-state index in [0.29, 0.717) is 11.1 Å². The first-order valence-corrected chi connectivity index (χ1v) is 48.5. The second-order valence-corrected chi connectivity index (χ2v) is 43.9. The smallest absolute Gasteiger partial charge is 0.353 e. The number of nitrogen functional groups attached to an aromatic ring is 3. The largest absolute Gasteiger partial charge is 0.393 e. The molecule has 8 aliphatic heterocycles. The maximum absolute atomic E-state index is 14.7. The van der Waals surface area contributed by atoms with Gasteiger partial charge in [-0.2, -0.15) is 15.0 Å². The number of nitrogens with two attached hydrogens (primary N) is 3. The molecule has 5 aromatic rings. The predicted molar refractivity (Wildman–Crippen MR) is 416 cm³/mol. The number of H-pyrrole nitrogens is 2. The molecule has 27 atom stereocenters. The van der Waals surface area contributed by atoms with Gasteiger partial charge in [-0.15, -0.1) is 0 Å². The number of thiol groups is 1. The molecule has 56 heteroatoms. The monoisotopic (exact) mass is 1910 g/mol. The number of ether oxygens (including phenoxy) is 14. The van der Waals surface area contributed by atoms with Crippen molar-refractivity contribution in [2.45, 2.75) is 195 Å². The Morgan fingerprint density at radius 3 is 1.42 bits per heavy atom. The van der Waals surface area contributed by atoms with Crippen molar-refractivity contribution < 1.29 is 160 Å². The molecule has 657 valence electrons. The summed E-state index contributed by atoms with van der Waals surface area (Å²) in [5.74, 6) is -0.287. The van der Waals surface area contributed by atoms with Crippen molar-refractivity contribution in [3.05, 3.63) is 132 Å². The standard InChI is InChI=1S/C63H90N13O34P5S3.Y/c1-27-12-72(56(80)67-47(27)64)38-11-35(94-24-114(90,117)100-18-37-39(95-25-113(89,116)93-10)40(92-9)52(107-37)73-13-28(2)48(65)68-57(73)81)36(106-38)17-99-111(85,86)22-96-45-42-54(74-14-29(3)49(66)69-58(74)82)109-62(45,33(7)104-42)20-101-112(87,88)23-97-46-43-55(76-16-31(5)51(79)71-60(76)84)110-63(46,34(8)105-43)21-102-115(91,118)26-98-44-41-53(108-61(44,19-77)32(6)103-41)75-15-30(4)50(78)70-59(75)83;/h12-16,32-46,52-55,77H,11,17-26H2,1-10H3,(H,85,86)(H,87,88)(H,89,116)(H,90,117)(H,91,118)(H2,64,67,80)(H2,65,68,81)(H2,66,69,82)(H,70,78,83)(H,71,79,84);/t32-,33-,34-,35+,36+,37+,38+,39-,40?,41?,42?,43?,44+,45+,46+,52+,53+,54+,55+,61-,62-,63-,113?,114?,115?;/m0./s1. The molecule has 1 radical (unpaired) electrons. The molecule has 47 nitrogen and oxygen atoms in total. The summed E-state index contributed by atoms with van der Waals surface area (Å²) in [4.78, 5) is 154.